The fraction of sp³-hybridized carbons (Fsp3) is 0.308. The summed E-state index contributed by atoms with van der Waals surface area (Å²) in [5.41, 5.74) is 6.64. The maximum atomic E-state index is 11.5. The first-order valence-electron chi connectivity index (χ1n) is 5.44. The van der Waals surface area contributed by atoms with Crippen LogP contribution in [0.25, 0.3) is 0 Å². The Morgan fingerprint density at radius 2 is 2.18 bits per heavy atom. The van der Waals surface area contributed by atoms with E-state index in [2.05, 4.69) is 11.9 Å². The van der Waals surface area contributed by atoms with Crippen molar-refractivity contribution in [2.24, 2.45) is 5.73 Å². The summed E-state index contributed by atoms with van der Waals surface area (Å²) in [5.74, 6) is 0.629. The van der Waals surface area contributed by atoms with E-state index in [0.29, 0.717) is 13.0 Å². The lowest BCUT2D eigenvalue weighted by molar-refractivity contribution is -0.122. The average molecular weight is 234 g/mol. The number of nitrogens with one attached hydrogen (secondary N) is 1. The molecule has 0 aliphatic rings. The third kappa shape index (κ3) is 4.28. The Labute approximate surface area is 101 Å². The molecule has 1 amide bonds. The van der Waals surface area contributed by atoms with Gasteiger partial charge in [0.15, 0.2) is 0 Å². The van der Waals surface area contributed by atoms with Crippen molar-refractivity contribution in [2.75, 3.05) is 7.11 Å². The molecule has 1 unspecified atom stereocenters. The molecule has 1 atom stereocenters. The number of methoxy groups -OCH3 is 1. The lowest BCUT2D eigenvalue weighted by Crippen LogP contribution is -2.39. The molecule has 1 aromatic rings. The van der Waals surface area contributed by atoms with E-state index in [1.165, 1.54) is 0 Å². The summed E-state index contributed by atoms with van der Waals surface area (Å²) in [5, 5.41) is 2.77. The van der Waals surface area contributed by atoms with Crippen LogP contribution in [0.15, 0.2) is 36.9 Å². The highest BCUT2D eigenvalue weighted by atomic mass is 16.5. The highest BCUT2D eigenvalue weighted by Gasteiger charge is 2.10. The van der Waals surface area contributed by atoms with E-state index in [-0.39, 0.29) is 5.91 Å². The van der Waals surface area contributed by atoms with E-state index in [9.17, 15) is 4.79 Å². The Morgan fingerprint density at radius 3 is 2.71 bits per heavy atom. The van der Waals surface area contributed by atoms with Gasteiger partial charge in [-0.05, 0) is 24.1 Å². The summed E-state index contributed by atoms with van der Waals surface area (Å²) >= 11 is 0. The van der Waals surface area contributed by atoms with Gasteiger partial charge in [-0.15, -0.1) is 6.58 Å². The molecule has 0 radical (unpaired) electrons. The second-order valence-corrected chi connectivity index (χ2v) is 3.70. The van der Waals surface area contributed by atoms with E-state index in [4.69, 9.17) is 10.5 Å². The number of nitrogens with two attached hydrogens (primary N) is 1. The highest BCUT2D eigenvalue weighted by Crippen LogP contribution is 2.10. The van der Waals surface area contributed by atoms with Gasteiger partial charge in [0.1, 0.15) is 5.75 Å². The maximum Gasteiger partial charge on any atom is 0.237 e. The zero-order chi connectivity index (χ0) is 12.7. The average Bonchev–Trinajstić information content (AvgIpc) is 2.36. The first kappa shape index (κ1) is 13.3. The van der Waals surface area contributed by atoms with Gasteiger partial charge in [0, 0.05) is 6.54 Å². The van der Waals surface area contributed by atoms with Crippen molar-refractivity contribution < 1.29 is 9.53 Å². The summed E-state index contributed by atoms with van der Waals surface area (Å²) in [6.07, 6.45) is 2.12. The van der Waals surface area contributed by atoms with E-state index < -0.39 is 6.04 Å². The first-order chi connectivity index (χ1) is 8.17. The predicted molar refractivity (Wildman–Crippen MR) is 67.6 cm³/mol. The van der Waals surface area contributed by atoms with Crippen LogP contribution in [-0.2, 0) is 11.3 Å². The van der Waals surface area contributed by atoms with Crippen molar-refractivity contribution in [3.8, 4) is 5.75 Å². The monoisotopic (exact) mass is 234 g/mol. The van der Waals surface area contributed by atoms with Gasteiger partial charge in [-0.1, -0.05) is 18.2 Å². The second kappa shape index (κ2) is 6.70. The number of benzene rings is 1. The van der Waals surface area contributed by atoms with Crippen molar-refractivity contribution in [3.05, 3.63) is 42.5 Å². The van der Waals surface area contributed by atoms with Crippen LogP contribution in [0.4, 0.5) is 0 Å². The number of carbonyl (C=O) groups excluding carboxylic acids is 1. The normalized spacial score (nSPS) is 11.6. The fourth-order valence-electron chi connectivity index (χ4n) is 1.35. The number of rotatable bonds is 6. The van der Waals surface area contributed by atoms with Gasteiger partial charge >= 0.3 is 0 Å². The molecule has 0 spiro atoms. The van der Waals surface area contributed by atoms with Crippen molar-refractivity contribution in [3.63, 3.8) is 0 Å². The van der Waals surface area contributed by atoms with Crippen LogP contribution >= 0.6 is 0 Å². The molecule has 0 saturated carbocycles. The maximum absolute atomic E-state index is 11.5. The first-order valence-corrected chi connectivity index (χ1v) is 5.44. The van der Waals surface area contributed by atoms with Gasteiger partial charge in [0.25, 0.3) is 0 Å². The van der Waals surface area contributed by atoms with Crippen LogP contribution in [0, 0.1) is 0 Å². The Kier molecular flexibility index (Phi) is 5.23. The molecular weight excluding hydrogens is 216 g/mol. The Hall–Kier alpha value is -1.81. The van der Waals surface area contributed by atoms with Crippen molar-refractivity contribution in [2.45, 2.75) is 19.0 Å². The molecule has 0 bridgehead atoms. The SMILES string of the molecule is C=CCC(N)C(=O)NCc1ccc(OC)cc1. The van der Waals surface area contributed by atoms with Gasteiger partial charge in [-0.3, -0.25) is 4.79 Å². The molecule has 3 N–H and O–H groups in total. The van der Waals surface area contributed by atoms with E-state index in [1.54, 1.807) is 13.2 Å². The smallest absolute Gasteiger partial charge is 0.237 e. The lowest BCUT2D eigenvalue weighted by atomic mass is 10.2. The summed E-state index contributed by atoms with van der Waals surface area (Å²) in [7, 11) is 1.62. The second-order valence-electron chi connectivity index (χ2n) is 3.70. The summed E-state index contributed by atoms with van der Waals surface area (Å²) < 4.78 is 5.05. The Morgan fingerprint density at radius 1 is 1.53 bits per heavy atom. The lowest BCUT2D eigenvalue weighted by Gasteiger charge is -2.10. The molecular formula is C13H18N2O2. The largest absolute Gasteiger partial charge is 0.497 e. The number of carbonyl (C=O) groups is 1. The number of hydrogen-bond acceptors (Lipinski definition) is 3. The Balaban J connectivity index is 2.44. The fourth-order valence-corrected chi connectivity index (χ4v) is 1.35. The molecule has 4 nitrogen and oxygen atoms in total. The van der Waals surface area contributed by atoms with Crippen LogP contribution in [0.2, 0.25) is 0 Å². The molecule has 4 heteroatoms. The molecule has 17 heavy (non-hydrogen) atoms. The third-order valence-electron chi connectivity index (χ3n) is 2.38. The van der Waals surface area contributed by atoms with Gasteiger partial charge in [-0.2, -0.15) is 0 Å². The van der Waals surface area contributed by atoms with Crippen molar-refractivity contribution in [1.29, 1.82) is 0 Å². The molecule has 0 aliphatic heterocycles. The van der Waals surface area contributed by atoms with Crippen molar-refractivity contribution in [1.82, 2.24) is 5.32 Å². The topological polar surface area (TPSA) is 64.4 Å². The van der Waals surface area contributed by atoms with Crippen LogP contribution < -0.4 is 15.8 Å². The minimum atomic E-state index is -0.522. The number of hydrogen-bond donors (Lipinski definition) is 2. The van der Waals surface area contributed by atoms with Gasteiger partial charge in [0.05, 0.1) is 13.2 Å². The summed E-state index contributed by atoms with van der Waals surface area (Å²) in [6, 6.07) is 6.98. The van der Waals surface area contributed by atoms with Gasteiger partial charge in [-0.25, -0.2) is 0 Å². The van der Waals surface area contributed by atoms with Crippen LogP contribution in [-0.4, -0.2) is 19.1 Å². The van der Waals surface area contributed by atoms with Gasteiger partial charge in [0.2, 0.25) is 5.91 Å². The summed E-state index contributed by atoms with van der Waals surface area (Å²) in [4.78, 5) is 11.5. The molecule has 92 valence electrons. The van der Waals surface area contributed by atoms with Gasteiger partial charge < -0.3 is 15.8 Å². The quantitative estimate of drug-likeness (QED) is 0.727. The molecule has 1 aromatic carbocycles. The van der Waals surface area contributed by atoms with E-state index >= 15 is 0 Å². The molecule has 0 aromatic heterocycles. The zero-order valence-corrected chi connectivity index (χ0v) is 9.98. The molecule has 0 aliphatic carbocycles. The standard InChI is InChI=1S/C13H18N2O2/c1-3-4-12(14)13(16)15-9-10-5-7-11(17-2)8-6-10/h3,5-8,12H,1,4,9,14H2,2H3,(H,15,16). The minimum absolute atomic E-state index is 0.166. The number of ether oxygens (including phenoxy) is 1. The molecule has 1 rings (SSSR count). The van der Waals surface area contributed by atoms with Crippen molar-refractivity contribution >= 4 is 5.91 Å². The zero-order valence-electron chi connectivity index (χ0n) is 9.98. The van der Waals surface area contributed by atoms with Crippen LogP contribution in [0.1, 0.15) is 12.0 Å². The predicted octanol–water partition coefficient (Wildman–Crippen LogP) is 1.21. The number of amides is 1. The highest BCUT2D eigenvalue weighted by molar-refractivity contribution is 5.81. The molecule has 0 fully saturated rings. The Bertz CT molecular complexity index is 374. The van der Waals surface area contributed by atoms with E-state index in [0.717, 1.165) is 11.3 Å². The van der Waals surface area contributed by atoms with Crippen LogP contribution in [0.5, 0.6) is 5.75 Å². The summed E-state index contributed by atoms with van der Waals surface area (Å²) in [6.45, 7) is 4.01. The third-order valence-corrected chi connectivity index (χ3v) is 2.38. The van der Waals surface area contributed by atoms with E-state index in [1.807, 2.05) is 24.3 Å². The molecule has 0 heterocycles. The molecule has 0 saturated heterocycles. The van der Waals surface area contributed by atoms with Crippen LogP contribution in [0.3, 0.4) is 0 Å². The minimum Gasteiger partial charge on any atom is -0.497 e.